The van der Waals surface area contributed by atoms with Gasteiger partial charge in [0.2, 0.25) is 5.03 Å². The maximum absolute atomic E-state index is 13.7. The number of pyridine rings is 2. The molecular weight excluding hydrogens is 984 g/mol. The highest BCUT2D eigenvalue weighted by Gasteiger charge is 2.31. The lowest BCUT2D eigenvalue weighted by Crippen LogP contribution is -2.20. The second kappa shape index (κ2) is 20.8. The van der Waals surface area contributed by atoms with Crippen molar-refractivity contribution >= 4 is 89.3 Å². The highest BCUT2D eigenvalue weighted by atomic mass is 35.5. The van der Waals surface area contributed by atoms with Crippen molar-refractivity contribution in [1.29, 1.82) is 0 Å². The summed E-state index contributed by atoms with van der Waals surface area (Å²) in [6, 6.07) is 17.0. The topological polar surface area (TPSA) is 193 Å². The Kier molecular flexibility index (Phi) is 15.9. The van der Waals surface area contributed by atoms with E-state index in [2.05, 4.69) is 41.5 Å². The molecule has 2 aromatic carbocycles. The maximum Gasteiger partial charge on any atom is 0.367 e. The van der Waals surface area contributed by atoms with Crippen molar-refractivity contribution in [3.63, 3.8) is 0 Å². The molecule has 0 atom stereocenters. The number of hydrogen-bond acceptors (Lipinski definition) is 14. The van der Waals surface area contributed by atoms with Crippen LogP contribution in [0, 0.1) is 6.07 Å². The summed E-state index contributed by atoms with van der Waals surface area (Å²) in [5.41, 5.74) is 2.20. The number of oxazole rings is 2. The molecule has 0 amide bonds. The van der Waals surface area contributed by atoms with E-state index in [0.717, 1.165) is 41.3 Å². The number of rotatable bonds is 19. The summed E-state index contributed by atoms with van der Waals surface area (Å²) in [7, 11) is -7.89. The Morgan fingerprint density at radius 1 is 0.723 bits per heavy atom. The lowest BCUT2D eigenvalue weighted by Gasteiger charge is -2.27. The first kappa shape index (κ1) is 49.6. The van der Waals surface area contributed by atoms with Crippen LogP contribution in [0.15, 0.2) is 92.6 Å². The van der Waals surface area contributed by atoms with Crippen LogP contribution in [0.4, 0.5) is 11.6 Å². The maximum atomic E-state index is 13.7. The number of alkyl halides is 2. The minimum atomic E-state index is -4.17. The summed E-state index contributed by atoms with van der Waals surface area (Å²) in [6.07, 6.45) is 6.43. The average Bonchev–Trinajstić information content (AvgIpc) is 3.96. The lowest BCUT2D eigenvalue weighted by atomic mass is 9.78. The van der Waals surface area contributed by atoms with Crippen molar-refractivity contribution in [2.75, 3.05) is 47.7 Å². The molecule has 22 heteroatoms. The molecule has 6 aromatic rings. The van der Waals surface area contributed by atoms with Crippen LogP contribution in [0.2, 0.25) is 15.1 Å². The van der Waals surface area contributed by atoms with E-state index >= 15 is 0 Å². The molecule has 15 nitrogen and oxygen atoms in total. The summed E-state index contributed by atoms with van der Waals surface area (Å²) < 4.78 is 74.3. The van der Waals surface area contributed by atoms with Crippen molar-refractivity contribution in [3.8, 4) is 17.6 Å². The van der Waals surface area contributed by atoms with Crippen molar-refractivity contribution in [2.45, 2.75) is 61.7 Å². The van der Waals surface area contributed by atoms with E-state index < -0.39 is 36.4 Å². The van der Waals surface area contributed by atoms with E-state index in [4.69, 9.17) is 76.3 Å². The Balaban J connectivity index is 1.20. The zero-order valence-corrected chi connectivity index (χ0v) is 41.0. The van der Waals surface area contributed by atoms with Crippen LogP contribution in [0.1, 0.15) is 67.0 Å². The SMILES string of the molecule is CC(C)(c1ccc(NCc2ocnc2S(=O)(=O)C[N+]#Cc2cc(C(C)(C)c3cnc(NCCCl)c(Cl)c3)ccc2OCc2ocnc2S(C)(=O)=O)nc1)c1cc(Cl)c(OCCCl)c(Cl)c1. The molecule has 0 saturated heterocycles. The smallest absolute Gasteiger partial charge is 0.367 e. The van der Waals surface area contributed by atoms with E-state index in [1.54, 1.807) is 54.9 Å². The molecule has 0 radical (unpaired) electrons. The van der Waals surface area contributed by atoms with Gasteiger partial charge in [-0.15, -0.1) is 23.2 Å². The number of anilines is 2. The van der Waals surface area contributed by atoms with Crippen LogP contribution >= 0.6 is 58.0 Å². The highest BCUT2D eigenvalue weighted by molar-refractivity contribution is 7.91. The van der Waals surface area contributed by atoms with Crippen molar-refractivity contribution in [2.24, 2.45) is 0 Å². The van der Waals surface area contributed by atoms with Crippen LogP contribution in [-0.2, 0) is 43.7 Å². The molecule has 6 rings (SSSR count). The van der Waals surface area contributed by atoms with Gasteiger partial charge in [0.15, 0.2) is 44.9 Å². The summed E-state index contributed by atoms with van der Waals surface area (Å²) in [5, 5.41) is 6.68. The van der Waals surface area contributed by atoms with Crippen molar-refractivity contribution in [1.82, 2.24) is 19.9 Å². The third kappa shape index (κ3) is 11.8. The Bertz CT molecular complexity index is 2930. The quantitative estimate of drug-likeness (QED) is 0.0728. The van der Waals surface area contributed by atoms with Crippen LogP contribution in [0.3, 0.4) is 0 Å². The van der Waals surface area contributed by atoms with Gasteiger partial charge in [0, 0.05) is 41.9 Å². The van der Waals surface area contributed by atoms with Gasteiger partial charge >= 0.3 is 11.9 Å². The predicted octanol–water partition coefficient (Wildman–Crippen LogP) is 10.0. The van der Waals surface area contributed by atoms with Gasteiger partial charge in [-0.3, -0.25) is 0 Å². The molecule has 4 heterocycles. The molecule has 2 N–H and O–H groups in total. The molecule has 65 heavy (non-hydrogen) atoms. The van der Waals surface area contributed by atoms with Gasteiger partial charge in [-0.1, -0.05) is 79.5 Å². The number of nitrogens with one attached hydrogen (secondary N) is 2. The first-order valence-corrected chi connectivity index (χ1v) is 25.3. The Morgan fingerprint density at radius 3 is 2.02 bits per heavy atom. The van der Waals surface area contributed by atoms with Gasteiger partial charge in [0.25, 0.3) is 9.84 Å². The van der Waals surface area contributed by atoms with Crippen LogP contribution in [0.25, 0.3) is 4.85 Å². The Labute approximate surface area is 401 Å². The number of aromatic nitrogens is 4. The fourth-order valence-electron chi connectivity index (χ4n) is 6.48. The van der Waals surface area contributed by atoms with Gasteiger partial charge in [-0.25, -0.2) is 36.8 Å². The molecule has 344 valence electrons. The van der Waals surface area contributed by atoms with Gasteiger partial charge in [0.05, 0.1) is 27.5 Å². The second-order valence-corrected chi connectivity index (χ2v) is 21.2. The van der Waals surface area contributed by atoms with Crippen LogP contribution in [-0.4, -0.2) is 73.8 Å². The molecule has 4 aromatic heterocycles. The summed E-state index contributed by atoms with van der Waals surface area (Å²) >= 11 is 31.2. The predicted molar refractivity (Wildman–Crippen MR) is 252 cm³/mol. The third-order valence-corrected chi connectivity index (χ3v) is 13.9. The second-order valence-electron chi connectivity index (χ2n) is 15.5. The molecular formula is C43H43Cl5N7O8S2+. The van der Waals surface area contributed by atoms with Gasteiger partial charge in [-0.05, 0) is 58.7 Å². The summed E-state index contributed by atoms with van der Waals surface area (Å²) in [6.45, 7) is 8.27. The van der Waals surface area contributed by atoms with Gasteiger partial charge in [-0.2, -0.15) is 0 Å². The zero-order valence-electron chi connectivity index (χ0n) is 35.6. The van der Waals surface area contributed by atoms with Crippen molar-refractivity contribution < 1.29 is 35.1 Å². The fourth-order valence-corrected chi connectivity index (χ4v) is 9.26. The van der Waals surface area contributed by atoms with Gasteiger partial charge in [0.1, 0.15) is 36.2 Å². The minimum absolute atomic E-state index is 0.0280. The van der Waals surface area contributed by atoms with Crippen LogP contribution < -0.4 is 20.1 Å². The molecule has 0 unspecified atom stereocenters. The Hall–Kier alpha value is -4.80. The minimum Gasteiger partial charge on any atom is -0.489 e. The standard InChI is InChI=1S/C43H43Cl5N7O8S2/c1-42(2,30-17-33(48)39(53-20-30)50-12-10-44)27-6-8-34(61-22-36-40(54-23-63-36)64(5,56)57)26(14-27)18-49-25-65(58,59)41-35(62-24-55-41)21-52-37-9-7-28(19-51-37)43(3,4)29-15-31(46)38(32(47)16-29)60-13-11-45/h6-9,14-17,19-20,23-24H,10-13,21-22,25H2,1-5H3,(H,50,53)(H,51,52)/q+1. The highest BCUT2D eigenvalue weighted by Crippen LogP contribution is 2.41. The van der Waals surface area contributed by atoms with E-state index in [1.807, 2.05) is 33.8 Å². The molecule has 0 bridgehead atoms. The summed E-state index contributed by atoms with van der Waals surface area (Å²) in [4.78, 5) is 21.0. The molecule has 0 aliphatic heterocycles. The molecule has 0 fully saturated rings. The van der Waals surface area contributed by atoms with Gasteiger partial charge < -0.3 is 28.9 Å². The first-order chi connectivity index (χ1) is 30.8. The average molecular weight is 1030 g/mol. The number of halogens is 5. The number of hydrogen-bond donors (Lipinski definition) is 2. The molecule has 0 aliphatic carbocycles. The zero-order chi connectivity index (χ0) is 47.2. The largest absolute Gasteiger partial charge is 0.489 e. The van der Waals surface area contributed by atoms with E-state index in [9.17, 15) is 16.8 Å². The number of nitrogens with zero attached hydrogens (tertiary/aromatic N) is 5. The summed E-state index contributed by atoms with van der Waals surface area (Å²) in [5.74, 6) is 1.39. The number of sulfone groups is 2. The van der Waals surface area contributed by atoms with E-state index in [1.165, 1.54) is 0 Å². The van der Waals surface area contributed by atoms with E-state index in [0.29, 0.717) is 44.9 Å². The molecule has 0 spiro atoms. The number of ether oxygens (including phenoxy) is 2. The molecule has 0 aliphatic rings. The monoisotopic (exact) mass is 1020 g/mol. The fraction of sp³-hybridized carbons (Fsp3) is 0.326. The molecule has 0 saturated carbocycles. The normalized spacial score (nSPS) is 12.1. The first-order valence-electron chi connectivity index (χ1n) is 19.6. The number of benzene rings is 2. The Morgan fingerprint density at radius 2 is 1.37 bits per heavy atom. The van der Waals surface area contributed by atoms with Crippen LogP contribution in [0.5, 0.6) is 11.5 Å². The lowest BCUT2D eigenvalue weighted by molar-refractivity contribution is 0.265. The third-order valence-electron chi connectivity index (χ3n) is 10.3. The van der Waals surface area contributed by atoms with Crippen molar-refractivity contribution in [3.05, 3.63) is 133 Å². The van der Waals surface area contributed by atoms with E-state index in [-0.39, 0.29) is 58.5 Å².